The molecular weight excluding hydrogens is 360 g/mol. The third-order valence-electron chi connectivity index (χ3n) is 6.28. The second kappa shape index (κ2) is 10.4. The van der Waals surface area contributed by atoms with E-state index >= 15 is 0 Å². The lowest BCUT2D eigenvalue weighted by atomic mass is 9.94. The largest absolute Gasteiger partial charge is 0.356 e. The second-order valence-corrected chi connectivity index (χ2v) is 8.25. The lowest BCUT2D eigenvalue weighted by Gasteiger charge is -2.32. The van der Waals surface area contributed by atoms with Gasteiger partial charge in [0, 0.05) is 31.1 Å². The topological polar surface area (TPSA) is 49.4 Å². The highest BCUT2D eigenvalue weighted by atomic mass is 16.2. The summed E-state index contributed by atoms with van der Waals surface area (Å²) >= 11 is 0. The van der Waals surface area contributed by atoms with E-state index in [1.165, 1.54) is 19.3 Å². The summed E-state index contributed by atoms with van der Waals surface area (Å²) in [5, 5.41) is 5.25. The van der Waals surface area contributed by atoms with Gasteiger partial charge < -0.3 is 10.2 Å². The van der Waals surface area contributed by atoms with Crippen molar-refractivity contribution in [3.05, 3.63) is 48.0 Å². The number of amides is 2. The molecule has 29 heavy (non-hydrogen) atoms. The van der Waals surface area contributed by atoms with E-state index in [1.54, 1.807) is 0 Å². The highest BCUT2D eigenvalue weighted by Crippen LogP contribution is 2.24. The normalized spacial score (nSPS) is 16.0. The van der Waals surface area contributed by atoms with Crippen LogP contribution in [-0.4, -0.2) is 36.3 Å². The molecule has 0 aromatic heterocycles. The minimum absolute atomic E-state index is 0.0234. The number of unbranched alkanes of at least 4 members (excludes halogenated alkanes) is 1. The minimum Gasteiger partial charge on any atom is -0.356 e. The van der Waals surface area contributed by atoms with Gasteiger partial charge in [0.1, 0.15) is 0 Å². The summed E-state index contributed by atoms with van der Waals surface area (Å²) in [6, 6.07) is 13.9. The number of rotatable bonds is 8. The van der Waals surface area contributed by atoms with Crippen LogP contribution in [0.1, 0.15) is 62.7 Å². The molecule has 0 saturated carbocycles. The zero-order chi connectivity index (χ0) is 20.6. The summed E-state index contributed by atoms with van der Waals surface area (Å²) in [6.45, 7) is 6.48. The first kappa shape index (κ1) is 21.4. The average molecular weight is 395 g/mol. The van der Waals surface area contributed by atoms with Crippen LogP contribution in [-0.2, 0) is 4.79 Å². The van der Waals surface area contributed by atoms with Gasteiger partial charge in [-0.15, -0.1) is 0 Å². The smallest absolute Gasteiger partial charge is 0.254 e. The van der Waals surface area contributed by atoms with Crippen molar-refractivity contribution in [3.63, 3.8) is 0 Å². The Labute approximate surface area is 174 Å². The van der Waals surface area contributed by atoms with Gasteiger partial charge in [-0.1, -0.05) is 69.5 Å². The molecule has 0 radical (unpaired) electrons. The molecule has 4 heteroatoms. The van der Waals surface area contributed by atoms with Crippen molar-refractivity contribution in [2.45, 2.75) is 52.4 Å². The first-order valence-corrected chi connectivity index (χ1v) is 11.2. The summed E-state index contributed by atoms with van der Waals surface area (Å²) in [5.41, 5.74) is 0.757. The quantitative estimate of drug-likeness (QED) is 0.683. The Morgan fingerprint density at radius 2 is 1.79 bits per heavy atom. The van der Waals surface area contributed by atoms with E-state index < -0.39 is 0 Å². The number of likely N-dealkylation sites (tertiary alicyclic amines) is 1. The number of carbonyl (C=O) groups is 2. The molecule has 1 fully saturated rings. The van der Waals surface area contributed by atoms with E-state index in [0.717, 1.165) is 42.1 Å². The molecule has 1 aliphatic heterocycles. The first-order valence-electron chi connectivity index (χ1n) is 11.2. The van der Waals surface area contributed by atoms with E-state index in [4.69, 9.17) is 0 Å². The third-order valence-corrected chi connectivity index (χ3v) is 6.28. The van der Waals surface area contributed by atoms with E-state index in [0.29, 0.717) is 19.0 Å². The zero-order valence-electron chi connectivity index (χ0n) is 17.8. The van der Waals surface area contributed by atoms with Crippen LogP contribution in [0.15, 0.2) is 42.5 Å². The standard InChI is InChI=1S/C25H34N2O2/c1-3-5-9-19(4-2)18-26-24(28)21-14-16-27(17-15-21)25(29)23-13-8-11-20-10-6-7-12-22(20)23/h6-8,10-13,19,21H,3-5,9,14-18H2,1-2H3,(H,26,28)/t19-/m1/s1. The predicted octanol–water partition coefficient (Wildman–Crippen LogP) is 5.02. The van der Waals surface area contributed by atoms with Crippen LogP contribution in [0.25, 0.3) is 10.8 Å². The average Bonchev–Trinajstić information content (AvgIpc) is 2.78. The molecule has 0 aliphatic carbocycles. The number of nitrogens with one attached hydrogen (secondary N) is 1. The Hall–Kier alpha value is -2.36. The summed E-state index contributed by atoms with van der Waals surface area (Å²) in [7, 11) is 0. The van der Waals surface area contributed by atoms with Crippen molar-refractivity contribution in [1.82, 2.24) is 10.2 Å². The first-order chi connectivity index (χ1) is 14.1. The highest BCUT2D eigenvalue weighted by Gasteiger charge is 2.28. The van der Waals surface area contributed by atoms with Gasteiger partial charge in [0.25, 0.3) is 5.91 Å². The molecule has 1 saturated heterocycles. The van der Waals surface area contributed by atoms with E-state index in [2.05, 4.69) is 19.2 Å². The van der Waals surface area contributed by atoms with Crippen LogP contribution in [0, 0.1) is 11.8 Å². The molecular formula is C25H34N2O2. The zero-order valence-corrected chi connectivity index (χ0v) is 17.8. The molecule has 1 heterocycles. The third kappa shape index (κ3) is 5.37. The molecule has 156 valence electrons. The van der Waals surface area contributed by atoms with Crippen LogP contribution in [0.2, 0.25) is 0 Å². The van der Waals surface area contributed by atoms with Crippen LogP contribution >= 0.6 is 0 Å². The maximum Gasteiger partial charge on any atom is 0.254 e. The van der Waals surface area contributed by atoms with Gasteiger partial charge in [-0.2, -0.15) is 0 Å². The van der Waals surface area contributed by atoms with Crippen molar-refractivity contribution in [1.29, 1.82) is 0 Å². The maximum atomic E-state index is 13.1. The number of benzene rings is 2. The molecule has 3 rings (SSSR count). The number of fused-ring (bicyclic) bond motifs is 1. The van der Waals surface area contributed by atoms with Gasteiger partial charge in [0.2, 0.25) is 5.91 Å². The lowest BCUT2D eigenvalue weighted by Crippen LogP contribution is -2.43. The fraction of sp³-hybridized carbons (Fsp3) is 0.520. The fourth-order valence-corrected chi connectivity index (χ4v) is 4.26. The monoisotopic (exact) mass is 394 g/mol. The highest BCUT2D eigenvalue weighted by molar-refractivity contribution is 6.07. The summed E-state index contributed by atoms with van der Waals surface area (Å²) in [5.74, 6) is 0.839. The van der Waals surface area contributed by atoms with Gasteiger partial charge >= 0.3 is 0 Å². The number of carbonyl (C=O) groups excluding carboxylic acids is 2. The van der Waals surface area contributed by atoms with Crippen molar-refractivity contribution < 1.29 is 9.59 Å². The van der Waals surface area contributed by atoms with Crippen LogP contribution in [0.4, 0.5) is 0 Å². The van der Waals surface area contributed by atoms with Crippen LogP contribution in [0.3, 0.4) is 0 Å². The van der Waals surface area contributed by atoms with Gasteiger partial charge in [-0.05, 0) is 42.0 Å². The second-order valence-electron chi connectivity index (χ2n) is 8.25. The van der Waals surface area contributed by atoms with Crippen molar-refractivity contribution in [3.8, 4) is 0 Å². The number of hydrogen-bond acceptors (Lipinski definition) is 2. The van der Waals surface area contributed by atoms with Crippen molar-refractivity contribution in [2.75, 3.05) is 19.6 Å². The van der Waals surface area contributed by atoms with Gasteiger partial charge in [-0.25, -0.2) is 0 Å². The molecule has 4 nitrogen and oxygen atoms in total. The van der Waals surface area contributed by atoms with Crippen molar-refractivity contribution >= 4 is 22.6 Å². The maximum absolute atomic E-state index is 13.1. The molecule has 1 aliphatic rings. The Bertz CT molecular complexity index is 819. The summed E-state index contributed by atoms with van der Waals surface area (Å²) in [6.07, 6.45) is 6.21. The van der Waals surface area contributed by atoms with Gasteiger partial charge in [0.05, 0.1) is 0 Å². The van der Waals surface area contributed by atoms with E-state index in [-0.39, 0.29) is 17.7 Å². The molecule has 1 atom stereocenters. The van der Waals surface area contributed by atoms with Crippen molar-refractivity contribution in [2.24, 2.45) is 11.8 Å². The number of piperidine rings is 1. The Morgan fingerprint density at radius 3 is 2.52 bits per heavy atom. The molecule has 2 aromatic rings. The summed E-state index contributed by atoms with van der Waals surface area (Å²) in [4.78, 5) is 27.6. The molecule has 0 spiro atoms. The predicted molar refractivity (Wildman–Crippen MR) is 119 cm³/mol. The molecule has 0 unspecified atom stereocenters. The molecule has 1 N–H and O–H groups in total. The van der Waals surface area contributed by atoms with E-state index in [9.17, 15) is 9.59 Å². The fourth-order valence-electron chi connectivity index (χ4n) is 4.26. The number of hydrogen-bond donors (Lipinski definition) is 1. The lowest BCUT2D eigenvalue weighted by molar-refractivity contribution is -0.126. The molecule has 2 amide bonds. The van der Waals surface area contributed by atoms with Gasteiger partial charge in [-0.3, -0.25) is 9.59 Å². The SMILES string of the molecule is CCCC[C@@H](CC)CNC(=O)C1CCN(C(=O)c2cccc3ccccc23)CC1. The minimum atomic E-state index is 0.0234. The summed E-state index contributed by atoms with van der Waals surface area (Å²) < 4.78 is 0. The Morgan fingerprint density at radius 1 is 1.07 bits per heavy atom. The number of nitrogens with zero attached hydrogens (tertiary/aromatic N) is 1. The van der Waals surface area contributed by atoms with Gasteiger partial charge in [0.15, 0.2) is 0 Å². The molecule has 2 aromatic carbocycles. The van der Waals surface area contributed by atoms with E-state index in [1.807, 2.05) is 47.4 Å². The van der Waals surface area contributed by atoms with Crippen LogP contribution in [0.5, 0.6) is 0 Å². The van der Waals surface area contributed by atoms with Crippen LogP contribution < -0.4 is 5.32 Å². The Kier molecular flexibility index (Phi) is 7.68. The Balaban J connectivity index is 1.53. The molecule has 0 bridgehead atoms.